The summed E-state index contributed by atoms with van der Waals surface area (Å²) in [5, 5.41) is 0. The fourth-order valence-electron chi connectivity index (χ4n) is 1.37. The zero-order valence-corrected chi connectivity index (χ0v) is 9.52. The molecule has 0 atom stereocenters. The molecule has 0 saturated carbocycles. The smallest absolute Gasteiger partial charge is 0.169 e. The number of benzene rings is 1. The molecule has 76 valence electrons. The van der Waals surface area contributed by atoms with Crippen LogP contribution in [0, 0.1) is 0 Å². The summed E-state index contributed by atoms with van der Waals surface area (Å²) in [6, 6.07) is 8.04. The van der Waals surface area contributed by atoms with E-state index in [9.17, 15) is 4.79 Å². The third kappa shape index (κ3) is 2.53. The molecule has 0 fully saturated rings. The second-order valence-corrected chi connectivity index (χ2v) is 4.13. The average Bonchev–Trinajstić information content (AvgIpc) is 2.65. The van der Waals surface area contributed by atoms with Gasteiger partial charge in [0.05, 0.1) is 6.33 Å². The number of carbonyl (C=O) groups excluding carboxylic acids is 1. The van der Waals surface area contributed by atoms with Crippen molar-refractivity contribution >= 4 is 22.2 Å². The lowest BCUT2D eigenvalue weighted by Gasteiger charge is -2.02. The summed E-state index contributed by atoms with van der Waals surface area (Å²) >= 11 is 3.41. The molecule has 15 heavy (non-hydrogen) atoms. The number of carbonyl (C=O) groups is 1. The van der Waals surface area contributed by atoms with Gasteiger partial charge in [0.25, 0.3) is 0 Å². The first-order valence-electron chi connectivity index (χ1n) is 4.49. The molecule has 0 bridgehead atoms. The maximum atomic E-state index is 10.4. The molecular weight excluding hydrogens is 256 g/mol. The molecule has 0 N–H and O–H groups in total. The van der Waals surface area contributed by atoms with E-state index in [1.165, 1.54) is 5.56 Å². The van der Waals surface area contributed by atoms with Crippen molar-refractivity contribution in [1.29, 1.82) is 0 Å². The minimum absolute atomic E-state index is 0.463. The quantitative estimate of drug-likeness (QED) is 0.799. The van der Waals surface area contributed by atoms with Crippen LogP contribution in [-0.4, -0.2) is 15.8 Å². The highest BCUT2D eigenvalue weighted by Gasteiger charge is 1.98. The molecule has 2 rings (SSSR count). The van der Waals surface area contributed by atoms with Gasteiger partial charge in [-0.2, -0.15) is 0 Å². The van der Waals surface area contributed by atoms with E-state index in [1.807, 2.05) is 28.8 Å². The van der Waals surface area contributed by atoms with Crippen molar-refractivity contribution in [3.63, 3.8) is 0 Å². The van der Waals surface area contributed by atoms with Crippen LogP contribution in [0.2, 0.25) is 0 Å². The summed E-state index contributed by atoms with van der Waals surface area (Å²) < 4.78 is 2.93. The SMILES string of the molecule is O=Cc1cn(Cc2cccc(Br)c2)cn1. The molecule has 0 aliphatic heterocycles. The zero-order chi connectivity index (χ0) is 10.7. The van der Waals surface area contributed by atoms with Gasteiger partial charge in [-0.1, -0.05) is 28.1 Å². The number of aldehydes is 1. The van der Waals surface area contributed by atoms with Crippen molar-refractivity contribution in [2.75, 3.05) is 0 Å². The van der Waals surface area contributed by atoms with Crippen LogP contribution in [0.4, 0.5) is 0 Å². The van der Waals surface area contributed by atoms with E-state index in [4.69, 9.17) is 0 Å². The Morgan fingerprint density at radius 3 is 3.00 bits per heavy atom. The maximum absolute atomic E-state index is 10.4. The highest BCUT2D eigenvalue weighted by molar-refractivity contribution is 9.10. The Morgan fingerprint density at radius 1 is 1.47 bits per heavy atom. The molecule has 0 spiro atoms. The zero-order valence-electron chi connectivity index (χ0n) is 7.93. The monoisotopic (exact) mass is 264 g/mol. The van der Waals surface area contributed by atoms with Gasteiger partial charge in [0.1, 0.15) is 5.69 Å². The first-order chi connectivity index (χ1) is 7.28. The number of halogens is 1. The molecule has 4 heteroatoms. The molecule has 0 aliphatic rings. The Hall–Kier alpha value is -1.42. The predicted octanol–water partition coefficient (Wildman–Crippen LogP) is 2.51. The van der Waals surface area contributed by atoms with Gasteiger partial charge in [-0.25, -0.2) is 4.98 Å². The topological polar surface area (TPSA) is 34.9 Å². The van der Waals surface area contributed by atoms with Gasteiger partial charge in [0.15, 0.2) is 6.29 Å². The normalized spacial score (nSPS) is 10.2. The minimum Gasteiger partial charge on any atom is -0.332 e. The molecule has 0 unspecified atom stereocenters. The lowest BCUT2D eigenvalue weighted by Crippen LogP contribution is -1.95. The molecule has 0 saturated heterocycles. The first kappa shape index (κ1) is 10.1. The van der Waals surface area contributed by atoms with E-state index in [1.54, 1.807) is 12.5 Å². The Morgan fingerprint density at radius 2 is 2.33 bits per heavy atom. The van der Waals surface area contributed by atoms with Crippen LogP contribution < -0.4 is 0 Å². The Labute approximate surface area is 95.9 Å². The lowest BCUT2D eigenvalue weighted by atomic mass is 10.2. The van der Waals surface area contributed by atoms with Crippen LogP contribution in [0.5, 0.6) is 0 Å². The fourth-order valence-corrected chi connectivity index (χ4v) is 1.82. The van der Waals surface area contributed by atoms with Gasteiger partial charge in [0.2, 0.25) is 0 Å². The number of imidazole rings is 1. The van der Waals surface area contributed by atoms with Crippen molar-refractivity contribution in [2.24, 2.45) is 0 Å². The van der Waals surface area contributed by atoms with Crippen LogP contribution in [0.1, 0.15) is 16.1 Å². The van der Waals surface area contributed by atoms with Crippen LogP contribution in [-0.2, 0) is 6.54 Å². The number of hydrogen-bond acceptors (Lipinski definition) is 2. The van der Waals surface area contributed by atoms with Crippen molar-refractivity contribution in [3.05, 3.63) is 52.5 Å². The molecular formula is C11H9BrN2O. The predicted molar refractivity (Wildman–Crippen MR) is 60.9 cm³/mol. The summed E-state index contributed by atoms with van der Waals surface area (Å²) in [5.74, 6) is 0. The lowest BCUT2D eigenvalue weighted by molar-refractivity contribution is 0.111. The number of aromatic nitrogens is 2. The van der Waals surface area contributed by atoms with Crippen LogP contribution in [0.15, 0.2) is 41.3 Å². The van der Waals surface area contributed by atoms with Gasteiger partial charge in [-0.3, -0.25) is 4.79 Å². The Kier molecular flexibility index (Phi) is 2.97. The molecule has 1 heterocycles. The summed E-state index contributed by atoms with van der Waals surface area (Å²) in [7, 11) is 0. The van der Waals surface area contributed by atoms with Crippen molar-refractivity contribution in [3.8, 4) is 0 Å². The summed E-state index contributed by atoms with van der Waals surface area (Å²) in [5.41, 5.74) is 1.63. The Bertz CT molecular complexity index is 479. The van der Waals surface area contributed by atoms with E-state index in [0.717, 1.165) is 17.3 Å². The van der Waals surface area contributed by atoms with Crippen molar-refractivity contribution < 1.29 is 4.79 Å². The van der Waals surface area contributed by atoms with Crippen molar-refractivity contribution in [1.82, 2.24) is 9.55 Å². The molecule has 0 radical (unpaired) electrons. The van der Waals surface area contributed by atoms with E-state index in [0.29, 0.717) is 5.69 Å². The standard InChI is InChI=1S/C11H9BrN2O/c12-10-3-1-2-9(4-10)5-14-6-11(7-15)13-8-14/h1-4,6-8H,5H2. The molecule has 0 aliphatic carbocycles. The highest BCUT2D eigenvalue weighted by Crippen LogP contribution is 2.12. The molecule has 3 nitrogen and oxygen atoms in total. The molecule has 1 aromatic heterocycles. The number of hydrogen-bond donors (Lipinski definition) is 0. The number of nitrogens with zero attached hydrogens (tertiary/aromatic N) is 2. The summed E-state index contributed by atoms with van der Waals surface area (Å²) in [6.07, 6.45) is 4.13. The van der Waals surface area contributed by atoms with E-state index >= 15 is 0 Å². The fraction of sp³-hybridized carbons (Fsp3) is 0.0909. The third-order valence-corrected chi connectivity index (χ3v) is 2.52. The second kappa shape index (κ2) is 4.40. The molecule has 1 aromatic carbocycles. The largest absolute Gasteiger partial charge is 0.332 e. The Balaban J connectivity index is 2.18. The van der Waals surface area contributed by atoms with Gasteiger partial charge in [0, 0.05) is 17.2 Å². The van der Waals surface area contributed by atoms with Crippen LogP contribution in [0.3, 0.4) is 0 Å². The van der Waals surface area contributed by atoms with Crippen LogP contribution in [0.25, 0.3) is 0 Å². The summed E-state index contributed by atoms with van der Waals surface area (Å²) in [4.78, 5) is 14.4. The van der Waals surface area contributed by atoms with Crippen molar-refractivity contribution in [2.45, 2.75) is 6.54 Å². The molecule has 0 amide bonds. The van der Waals surface area contributed by atoms with E-state index < -0.39 is 0 Å². The number of rotatable bonds is 3. The second-order valence-electron chi connectivity index (χ2n) is 3.22. The van der Waals surface area contributed by atoms with E-state index in [2.05, 4.69) is 20.9 Å². The maximum Gasteiger partial charge on any atom is 0.169 e. The molecule has 2 aromatic rings. The third-order valence-electron chi connectivity index (χ3n) is 2.03. The van der Waals surface area contributed by atoms with Gasteiger partial charge >= 0.3 is 0 Å². The highest BCUT2D eigenvalue weighted by atomic mass is 79.9. The van der Waals surface area contributed by atoms with E-state index in [-0.39, 0.29) is 0 Å². The van der Waals surface area contributed by atoms with Crippen LogP contribution >= 0.6 is 15.9 Å². The average molecular weight is 265 g/mol. The van der Waals surface area contributed by atoms with Gasteiger partial charge < -0.3 is 4.57 Å². The minimum atomic E-state index is 0.463. The van der Waals surface area contributed by atoms with Gasteiger partial charge in [-0.05, 0) is 17.7 Å². The first-order valence-corrected chi connectivity index (χ1v) is 5.28. The van der Waals surface area contributed by atoms with Gasteiger partial charge in [-0.15, -0.1) is 0 Å². The summed E-state index contributed by atoms with van der Waals surface area (Å²) in [6.45, 7) is 0.722.